The van der Waals surface area contributed by atoms with E-state index in [1.165, 1.54) is 27.9 Å². The quantitative estimate of drug-likeness (QED) is 0.452. The van der Waals surface area contributed by atoms with E-state index in [0.717, 1.165) is 39.1 Å². The number of nitrogens with one attached hydrogen (secondary N) is 1. The van der Waals surface area contributed by atoms with Crippen molar-refractivity contribution in [2.75, 3.05) is 44.2 Å². The second-order valence-electron chi connectivity index (χ2n) is 7.83. The molecule has 0 unspecified atom stereocenters. The van der Waals surface area contributed by atoms with Crippen LogP contribution in [0.4, 0.5) is 10.1 Å². The summed E-state index contributed by atoms with van der Waals surface area (Å²) in [6.07, 6.45) is 0.880. The Kier molecular flexibility index (Phi) is 5.61. The van der Waals surface area contributed by atoms with Gasteiger partial charge >= 0.3 is 0 Å². The van der Waals surface area contributed by atoms with Crippen molar-refractivity contribution in [3.05, 3.63) is 70.1 Å². The molecule has 0 saturated carbocycles. The molecule has 0 atom stereocenters. The van der Waals surface area contributed by atoms with Gasteiger partial charge in [0.05, 0.1) is 12.1 Å². The van der Waals surface area contributed by atoms with E-state index < -0.39 is 5.82 Å². The Morgan fingerprint density at radius 3 is 2.81 bits per heavy atom. The maximum atomic E-state index is 14.2. The van der Waals surface area contributed by atoms with Crippen LogP contribution < -0.4 is 15.2 Å². The molecule has 0 amide bonds. The first-order chi connectivity index (χ1) is 15.2. The number of hydrogen-bond donors (Lipinski definition) is 1. The van der Waals surface area contributed by atoms with Gasteiger partial charge in [0.25, 0.3) is 0 Å². The number of ether oxygens (including phenoxy) is 1. The summed E-state index contributed by atoms with van der Waals surface area (Å²) in [5.41, 5.74) is 1.24. The van der Waals surface area contributed by atoms with Crippen LogP contribution in [0.5, 0.6) is 5.75 Å². The van der Waals surface area contributed by atoms with Gasteiger partial charge in [0.15, 0.2) is 5.82 Å². The Morgan fingerprint density at radius 2 is 1.94 bits per heavy atom. The molecule has 5 rings (SSSR count). The molecule has 160 valence electrons. The molecule has 2 aromatic carbocycles. The molecule has 1 fully saturated rings. The van der Waals surface area contributed by atoms with E-state index in [9.17, 15) is 9.18 Å². The molecule has 1 saturated heterocycles. The summed E-state index contributed by atoms with van der Waals surface area (Å²) in [5, 5.41) is 4.14. The first-order valence-corrected chi connectivity index (χ1v) is 11.4. The molecular formula is C24H24FN3O2S. The van der Waals surface area contributed by atoms with Crippen molar-refractivity contribution in [3.63, 3.8) is 0 Å². The van der Waals surface area contributed by atoms with Gasteiger partial charge in [0.1, 0.15) is 5.75 Å². The Balaban J connectivity index is 1.11. The number of aromatic amines is 1. The summed E-state index contributed by atoms with van der Waals surface area (Å²) >= 11 is 1.79. The molecule has 0 bridgehead atoms. The number of halogens is 1. The van der Waals surface area contributed by atoms with E-state index in [-0.39, 0.29) is 11.1 Å². The van der Waals surface area contributed by atoms with E-state index in [2.05, 4.69) is 44.4 Å². The number of H-pyrrole nitrogens is 1. The molecule has 4 aromatic rings. The second kappa shape index (κ2) is 8.69. The fourth-order valence-electron chi connectivity index (χ4n) is 4.22. The monoisotopic (exact) mass is 437 g/mol. The lowest BCUT2D eigenvalue weighted by molar-refractivity contribution is 0.224. The molecule has 3 heterocycles. The molecule has 5 nitrogen and oxygen atoms in total. The summed E-state index contributed by atoms with van der Waals surface area (Å²) in [6.45, 7) is 5.58. The van der Waals surface area contributed by atoms with Crippen LogP contribution in [0.15, 0.2) is 58.7 Å². The maximum absolute atomic E-state index is 14.2. The number of hydrogen-bond acceptors (Lipinski definition) is 5. The zero-order valence-corrected chi connectivity index (χ0v) is 18.0. The molecule has 1 aliphatic rings. The van der Waals surface area contributed by atoms with Crippen LogP contribution in [0.2, 0.25) is 0 Å². The molecule has 1 aliphatic heterocycles. The number of nitrogens with zero attached hydrogens (tertiary/aromatic N) is 2. The van der Waals surface area contributed by atoms with Crippen LogP contribution in [-0.4, -0.2) is 49.2 Å². The van der Waals surface area contributed by atoms with Crippen LogP contribution in [-0.2, 0) is 0 Å². The molecule has 1 N–H and O–H groups in total. The lowest BCUT2D eigenvalue weighted by Gasteiger charge is -2.36. The number of anilines is 1. The minimum Gasteiger partial charge on any atom is -0.493 e. The third-order valence-corrected chi connectivity index (χ3v) is 6.71. The lowest BCUT2D eigenvalue weighted by Crippen LogP contribution is -2.46. The summed E-state index contributed by atoms with van der Waals surface area (Å²) in [6, 6.07) is 14.9. The molecule has 2 aromatic heterocycles. The highest BCUT2D eigenvalue weighted by atomic mass is 32.1. The molecule has 0 spiro atoms. The van der Waals surface area contributed by atoms with E-state index >= 15 is 0 Å². The van der Waals surface area contributed by atoms with Gasteiger partial charge in [-0.3, -0.25) is 9.69 Å². The molecule has 7 heteroatoms. The Labute approximate surface area is 183 Å². The zero-order valence-electron chi connectivity index (χ0n) is 17.1. The predicted molar refractivity (Wildman–Crippen MR) is 125 cm³/mol. The molecule has 31 heavy (non-hydrogen) atoms. The minimum absolute atomic E-state index is 0.218. The maximum Gasteiger partial charge on any atom is 0.248 e. The number of benzene rings is 2. The van der Waals surface area contributed by atoms with Crippen LogP contribution in [0, 0.1) is 5.82 Å². The van der Waals surface area contributed by atoms with Gasteiger partial charge in [0.2, 0.25) is 5.56 Å². The first kappa shape index (κ1) is 20.0. The molecule has 0 radical (unpaired) electrons. The van der Waals surface area contributed by atoms with Crippen LogP contribution in [0.3, 0.4) is 0 Å². The van der Waals surface area contributed by atoms with Gasteiger partial charge in [-0.05, 0) is 42.1 Å². The Bertz CT molecular complexity index is 1260. The second-order valence-corrected chi connectivity index (χ2v) is 8.78. The fraction of sp³-hybridized carbons (Fsp3) is 0.292. The average molecular weight is 438 g/mol. The van der Waals surface area contributed by atoms with Gasteiger partial charge in [-0.2, -0.15) is 0 Å². The summed E-state index contributed by atoms with van der Waals surface area (Å²) in [7, 11) is 0. The van der Waals surface area contributed by atoms with E-state index in [1.807, 2.05) is 0 Å². The van der Waals surface area contributed by atoms with Gasteiger partial charge < -0.3 is 14.6 Å². The van der Waals surface area contributed by atoms with Gasteiger partial charge in [-0.15, -0.1) is 11.3 Å². The topological polar surface area (TPSA) is 48.6 Å². The molecular weight excluding hydrogens is 413 g/mol. The van der Waals surface area contributed by atoms with Crippen molar-refractivity contribution in [2.45, 2.75) is 6.42 Å². The van der Waals surface area contributed by atoms with Gasteiger partial charge in [-0.25, -0.2) is 4.39 Å². The standard InChI is InChI=1S/C24H24FN3O2S/c25-20-16-18(15-17-5-6-23(29)26-24(17)20)30-13-2-8-27-9-11-28(12-10-27)21-3-1-4-22-19(21)7-14-31-22/h1,3-7,14-16H,2,8-13H2,(H,26,29). The smallest absolute Gasteiger partial charge is 0.248 e. The third-order valence-electron chi connectivity index (χ3n) is 5.83. The van der Waals surface area contributed by atoms with Gasteiger partial charge in [-0.1, -0.05) is 6.07 Å². The summed E-state index contributed by atoms with van der Waals surface area (Å²) in [5.74, 6) is 0.0210. The van der Waals surface area contributed by atoms with Crippen molar-refractivity contribution in [3.8, 4) is 5.75 Å². The third kappa shape index (κ3) is 4.29. The SMILES string of the molecule is O=c1ccc2cc(OCCCN3CCN(c4cccc5sccc45)CC3)cc(F)c2[nH]1. The zero-order chi connectivity index (χ0) is 21.2. The highest BCUT2D eigenvalue weighted by molar-refractivity contribution is 7.17. The number of pyridine rings is 1. The van der Waals surface area contributed by atoms with Crippen LogP contribution >= 0.6 is 11.3 Å². The van der Waals surface area contributed by atoms with Crippen LogP contribution in [0.25, 0.3) is 21.0 Å². The highest BCUT2D eigenvalue weighted by Crippen LogP contribution is 2.31. The lowest BCUT2D eigenvalue weighted by atomic mass is 10.2. The van der Waals surface area contributed by atoms with Crippen molar-refractivity contribution in [1.29, 1.82) is 0 Å². The summed E-state index contributed by atoms with van der Waals surface area (Å²) < 4.78 is 21.3. The van der Waals surface area contributed by atoms with Crippen molar-refractivity contribution >= 4 is 38.0 Å². The number of aromatic nitrogens is 1. The number of rotatable bonds is 6. The first-order valence-electron chi connectivity index (χ1n) is 10.6. The number of thiophene rings is 1. The van der Waals surface area contributed by atoms with E-state index in [0.29, 0.717) is 17.7 Å². The normalized spacial score (nSPS) is 15.1. The van der Waals surface area contributed by atoms with Gasteiger partial charge in [0, 0.05) is 66.0 Å². The Morgan fingerprint density at radius 1 is 1.06 bits per heavy atom. The molecule has 0 aliphatic carbocycles. The van der Waals surface area contributed by atoms with E-state index in [4.69, 9.17) is 4.74 Å². The Hall–Kier alpha value is -2.90. The fourth-order valence-corrected chi connectivity index (χ4v) is 5.03. The van der Waals surface area contributed by atoms with E-state index in [1.54, 1.807) is 23.5 Å². The predicted octanol–water partition coefficient (Wildman–Crippen LogP) is 4.47. The number of piperazine rings is 1. The van der Waals surface area contributed by atoms with Crippen LogP contribution in [0.1, 0.15) is 6.42 Å². The highest BCUT2D eigenvalue weighted by Gasteiger charge is 2.18. The van der Waals surface area contributed by atoms with Crippen molar-refractivity contribution in [1.82, 2.24) is 9.88 Å². The number of fused-ring (bicyclic) bond motifs is 2. The summed E-state index contributed by atoms with van der Waals surface area (Å²) in [4.78, 5) is 18.8. The largest absolute Gasteiger partial charge is 0.493 e. The average Bonchev–Trinajstić information content (AvgIpc) is 3.27. The van der Waals surface area contributed by atoms with Crippen molar-refractivity contribution in [2.24, 2.45) is 0 Å². The minimum atomic E-state index is -0.470. The van der Waals surface area contributed by atoms with Crippen molar-refractivity contribution < 1.29 is 9.13 Å².